The van der Waals surface area contributed by atoms with Crippen molar-refractivity contribution in [1.29, 1.82) is 0 Å². The first-order chi connectivity index (χ1) is 9.65. The minimum absolute atomic E-state index is 0.0103. The van der Waals surface area contributed by atoms with E-state index in [1.807, 2.05) is 6.07 Å². The zero-order valence-electron chi connectivity index (χ0n) is 10.4. The number of rotatable bonds is 2. The maximum Gasteiger partial charge on any atom is 0.154 e. The Morgan fingerprint density at radius 2 is 1.95 bits per heavy atom. The van der Waals surface area contributed by atoms with E-state index in [0.717, 1.165) is 10.9 Å². The van der Waals surface area contributed by atoms with Crippen LogP contribution in [0, 0.1) is 0 Å². The molecule has 3 N–H and O–H groups in total. The number of aromatic nitrogens is 1. The van der Waals surface area contributed by atoms with Crippen LogP contribution in [0.2, 0.25) is 5.02 Å². The number of aromatic hydroxyl groups is 1. The first kappa shape index (κ1) is 12.6. The predicted molar refractivity (Wildman–Crippen MR) is 79.3 cm³/mol. The molecule has 0 fully saturated rings. The van der Waals surface area contributed by atoms with Gasteiger partial charge in [-0.25, -0.2) is 0 Å². The normalized spacial score (nSPS) is 10.7. The molecule has 0 radical (unpaired) electrons. The van der Waals surface area contributed by atoms with Gasteiger partial charge >= 0.3 is 0 Å². The summed E-state index contributed by atoms with van der Waals surface area (Å²) in [5.41, 5.74) is 6.72. The predicted octanol–water partition coefficient (Wildman–Crippen LogP) is 3.97. The van der Waals surface area contributed by atoms with Crippen LogP contribution in [0.1, 0.15) is 0 Å². The van der Waals surface area contributed by atoms with Crippen LogP contribution in [0.4, 0.5) is 5.69 Å². The number of anilines is 1. The highest BCUT2D eigenvalue weighted by molar-refractivity contribution is 6.31. The number of ether oxygens (including phenoxy) is 1. The van der Waals surface area contributed by atoms with Gasteiger partial charge in [-0.15, -0.1) is 0 Å². The number of phenols is 1. The Morgan fingerprint density at radius 3 is 2.80 bits per heavy atom. The van der Waals surface area contributed by atoms with Crippen molar-refractivity contribution in [2.75, 3.05) is 5.73 Å². The molecule has 0 amide bonds. The van der Waals surface area contributed by atoms with Crippen LogP contribution >= 0.6 is 11.6 Å². The average molecular weight is 287 g/mol. The van der Waals surface area contributed by atoms with Crippen molar-refractivity contribution in [3.8, 4) is 17.2 Å². The highest BCUT2D eigenvalue weighted by Gasteiger charge is 2.09. The van der Waals surface area contributed by atoms with Gasteiger partial charge < -0.3 is 15.6 Å². The molecule has 0 saturated carbocycles. The van der Waals surface area contributed by atoms with E-state index in [2.05, 4.69) is 4.98 Å². The van der Waals surface area contributed by atoms with E-state index in [4.69, 9.17) is 22.1 Å². The van der Waals surface area contributed by atoms with Crippen molar-refractivity contribution in [3.63, 3.8) is 0 Å². The molecule has 5 heteroatoms. The summed E-state index contributed by atoms with van der Waals surface area (Å²) in [6.45, 7) is 0. The average Bonchev–Trinajstić information content (AvgIpc) is 2.44. The fourth-order valence-electron chi connectivity index (χ4n) is 1.92. The SMILES string of the molecule is Nc1c(O)cccc1Oc1ccnc2cc(Cl)ccc12. The highest BCUT2D eigenvalue weighted by Crippen LogP contribution is 2.36. The lowest BCUT2D eigenvalue weighted by atomic mass is 10.2. The second kappa shape index (κ2) is 4.90. The minimum atomic E-state index is -0.0103. The molecule has 0 atom stereocenters. The molecule has 4 nitrogen and oxygen atoms in total. The Morgan fingerprint density at radius 1 is 1.10 bits per heavy atom. The molecular weight excluding hydrogens is 276 g/mol. The lowest BCUT2D eigenvalue weighted by molar-refractivity contribution is 0.462. The Bertz CT molecular complexity index is 790. The molecule has 2 aromatic carbocycles. The lowest BCUT2D eigenvalue weighted by Gasteiger charge is -2.11. The van der Waals surface area contributed by atoms with Gasteiger partial charge in [-0.1, -0.05) is 17.7 Å². The number of para-hydroxylation sites is 1. The van der Waals surface area contributed by atoms with Gasteiger partial charge in [0.1, 0.15) is 17.2 Å². The van der Waals surface area contributed by atoms with Crippen LogP contribution in [-0.4, -0.2) is 10.1 Å². The van der Waals surface area contributed by atoms with Crippen LogP contribution in [-0.2, 0) is 0 Å². The summed E-state index contributed by atoms with van der Waals surface area (Å²) in [5, 5.41) is 11.0. The fourth-order valence-corrected chi connectivity index (χ4v) is 2.09. The van der Waals surface area contributed by atoms with Gasteiger partial charge in [0.25, 0.3) is 0 Å². The topological polar surface area (TPSA) is 68.4 Å². The van der Waals surface area contributed by atoms with Crippen molar-refractivity contribution < 1.29 is 9.84 Å². The maximum absolute atomic E-state index is 9.59. The number of benzene rings is 2. The first-order valence-electron chi connectivity index (χ1n) is 5.95. The summed E-state index contributed by atoms with van der Waals surface area (Å²) >= 11 is 5.94. The minimum Gasteiger partial charge on any atom is -0.506 e. The van der Waals surface area contributed by atoms with E-state index in [1.165, 1.54) is 6.07 Å². The Kier molecular flexibility index (Phi) is 3.08. The third-order valence-corrected chi connectivity index (χ3v) is 3.16. The Hall–Kier alpha value is -2.46. The summed E-state index contributed by atoms with van der Waals surface area (Å²) in [5.74, 6) is 0.986. The van der Waals surface area contributed by atoms with Crippen molar-refractivity contribution in [1.82, 2.24) is 4.98 Å². The molecule has 0 bridgehead atoms. The molecule has 3 aromatic rings. The number of hydrogen-bond acceptors (Lipinski definition) is 4. The standard InChI is InChI=1S/C15H11ClN2O2/c16-9-4-5-10-11(8-9)18-7-6-13(10)20-14-3-1-2-12(19)15(14)17/h1-8,19H,17H2. The number of nitrogens with two attached hydrogens (primary N) is 1. The van der Waals surface area contributed by atoms with E-state index in [0.29, 0.717) is 16.5 Å². The Labute approximate surface area is 120 Å². The molecule has 0 unspecified atom stereocenters. The smallest absolute Gasteiger partial charge is 0.154 e. The lowest BCUT2D eigenvalue weighted by Crippen LogP contribution is -1.93. The van der Waals surface area contributed by atoms with Crippen LogP contribution in [0.3, 0.4) is 0 Å². The molecule has 0 aliphatic heterocycles. The van der Waals surface area contributed by atoms with Crippen molar-refractivity contribution in [2.24, 2.45) is 0 Å². The molecule has 0 aliphatic rings. The van der Waals surface area contributed by atoms with Crippen LogP contribution in [0.5, 0.6) is 17.2 Å². The van der Waals surface area contributed by atoms with Gasteiger partial charge in [0, 0.05) is 16.6 Å². The van der Waals surface area contributed by atoms with Gasteiger partial charge in [0.15, 0.2) is 5.75 Å². The number of nitrogens with zero attached hydrogens (tertiary/aromatic N) is 1. The molecule has 0 aliphatic carbocycles. The largest absolute Gasteiger partial charge is 0.506 e. The quantitative estimate of drug-likeness (QED) is 0.552. The summed E-state index contributed by atoms with van der Waals surface area (Å²) < 4.78 is 5.78. The summed E-state index contributed by atoms with van der Waals surface area (Å²) in [6, 6.07) is 12.0. The van der Waals surface area contributed by atoms with Crippen molar-refractivity contribution in [3.05, 3.63) is 53.7 Å². The summed E-state index contributed by atoms with van der Waals surface area (Å²) in [4.78, 5) is 4.24. The summed E-state index contributed by atoms with van der Waals surface area (Å²) in [6.07, 6.45) is 1.63. The van der Waals surface area contributed by atoms with Crippen molar-refractivity contribution >= 4 is 28.2 Å². The number of hydrogen-bond donors (Lipinski definition) is 2. The number of phenolic OH excluding ortho intramolecular Hbond substituents is 1. The molecule has 100 valence electrons. The van der Waals surface area contributed by atoms with E-state index in [9.17, 15) is 5.11 Å². The maximum atomic E-state index is 9.59. The first-order valence-corrected chi connectivity index (χ1v) is 6.32. The van der Waals surface area contributed by atoms with Gasteiger partial charge in [-0.05, 0) is 36.4 Å². The summed E-state index contributed by atoms with van der Waals surface area (Å²) in [7, 11) is 0. The second-order valence-corrected chi connectivity index (χ2v) is 4.70. The molecule has 3 rings (SSSR count). The number of nitrogen functional groups attached to an aromatic ring is 1. The molecule has 20 heavy (non-hydrogen) atoms. The van der Waals surface area contributed by atoms with E-state index in [1.54, 1.807) is 36.5 Å². The van der Waals surface area contributed by atoms with Gasteiger partial charge in [-0.3, -0.25) is 4.98 Å². The van der Waals surface area contributed by atoms with E-state index >= 15 is 0 Å². The van der Waals surface area contributed by atoms with Gasteiger partial charge in [-0.2, -0.15) is 0 Å². The zero-order chi connectivity index (χ0) is 14.1. The monoisotopic (exact) mass is 286 g/mol. The van der Waals surface area contributed by atoms with Crippen LogP contribution < -0.4 is 10.5 Å². The third-order valence-electron chi connectivity index (χ3n) is 2.93. The number of fused-ring (bicyclic) bond motifs is 1. The van der Waals surface area contributed by atoms with Crippen LogP contribution in [0.25, 0.3) is 10.9 Å². The van der Waals surface area contributed by atoms with Gasteiger partial charge in [0.2, 0.25) is 0 Å². The van der Waals surface area contributed by atoms with Gasteiger partial charge in [0.05, 0.1) is 5.52 Å². The zero-order valence-corrected chi connectivity index (χ0v) is 11.1. The number of pyridine rings is 1. The molecule has 1 aromatic heterocycles. The van der Waals surface area contributed by atoms with E-state index in [-0.39, 0.29) is 11.4 Å². The third kappa shape index (κ3) is 2.21. The fraction of sp³-hybridized carbons (Fsp3) is 0. The molecule has 0 spiro atoms. The second-order valence-electron chi connectivity index (χ2n) is 4.26. The highest BCUT2D eigenvalue weighted by atomic mass is 35.5. The van der Waals surface area contributed by atoms with Crippen molar-refractivity contribution in [2.45, 2.75) is 0 Å². The molecule has 0 saturated heterocycles. The molecular formula is C15H11ClN2O2. The Balaban J connectivity index is 2.09. The van der Waals surface area contributed by atoms with Crippen LogP contribution in [0.15, 0.2) is 48.7 Å². The molecule has 1 heterocycles. The number of halogens is 1. The van der Waals surface area contributed by atoms with E-state index < -0.39 is 0 Å².